The molecule has 9 heteroatoms. The fourth-order valence-electron chi connectivity index (χ4n) is 2.15. The number of thiocarbonyl (C=S) groups is 1. The molecule has 0 fully saturated rings. The number of halogens is 1. The van der Waals surface area contributed by atoms with Gasteiger partial charge in [-0.05, 0) is 71.0 Å². The van der Waals surface area contributed by atoms with Crippen molar-refractivity contribution in [3.8, 4) is 11.5 Å². The molecule has 0 radical (unpaired) electrons. The van der Waals surface area contributed by atoms with Gasteiger partial charge >= 0.3 is 0 Å². The van der Waals surface area contributed by atoms with E-state index in [4.69, 9.17) is 21.7 Å². The van der Waals surface area contributed by atoms with E-state index < -0.39 is 11.8 Å². The van der Waals surface area contributed by atoms with Gasteiger partial charge in [0.1, 0.15) is 11.5 Å². The summed E-state index contributed by atoms with van der Waals surface area (Å²) in [6.07, 6.45) is 0.870. The monoisotopic (exact) mass is 465 g/mol. The maximum atomic E-state index is 12.3. The summed E-state index contributed by atoms with van der Waals surface area (Å²) in [7, 11) is 1.54. The van der Waals surface area contributed by atoms with Crippen LogP contribution in [0.4, 0.5) is 0 Å². The first-order chi connectivity index (χ1) is 13.4. The molecule has 28 heavy (non-hydrogen) atoms. The lowest BCUT2D eigenvalue weighted by Gasteiger charge is -2.12. The van der Waals surface area contributed by atoms with Crippen molar-refractivity contribution in [1.29, 1.82) is 0 Å². The maximum absolute atomic E-state index is 12.3. The first-order valence-corrected chi connectivity index (χ1v) is 9.62. The van der Waals surface area contributed by atoms with Gasteiger partial charge in [-0.3, -0.25) is 25.8 Å². The molecule has 0 bridgehead atoms. The first-order valence-electron chi connectivity index (χ1n) is 8.42. The fraction of sp³-hybridized carbons (Fsp3) is 0.211. The van der Waals surface area contributed by atoms with Crippen molar-refractivity contribution < 1.29 is 19.1 Å². The van der Waals surface area contributed by atoms with E-state index in [0.29, 0.717) is 33.7 Å². The molecule has 0 spiro atoms. The van der Waals surface area contributed by atoms with Gasteiger partial charge in [0.25, 0.3) is 11.8 Å². The number of benzene rings is 2. The van der Waals surface area contributed by atoms with Gasteiger partial charge in [-0.25, -0.2) is 0 Å². The van der Waals surface area contributed by atoms with Crippen molar-refractivity contribution in [2.45, 2.75) is 13.3 Å². The van der Waals surface area contributed by atoms with Crippen LogP contribution in [-0.2, 0) is 0 Å². The van der Waals surface area contributed by atoms with Crippen LogP contribution in [0.5, 0.6) is 11.5 Å². The Morgan fingerprint density at radius 3 is 2.50 bits per heavy atom. The Kier molecular flexibility index (Phi) is 8.21. The molecular weight excluding hydrogens is 446 g/mol. The van der Waals surface area contributed by atoms with Gasteiger partial charge in [0, 0.05) is 11.1 Å². The van der Waals surface area contributed by atoms with Gasteiger partial charge in [-0.15, -0.1) is 0 Å². The zero-order valence-corrected chi connectivity index (χ0v) is 17.8. The summed E-state index contributed by atoms with van der Waals surface area (Å²) in [5.41, 5.74) is 5.71. The van der Waals surface area contributed by atoms with E-state index in [1.165, 1.54) is 7.11 Å². The van der Waals surface area contributed by atoms with Crippen molar-refractivity contribution in [2.24, 2.45) is 0 Å². The van der Waals surface area contributed by atoms with E-state index in [0.717, 1.165) is 6.42 Å². The first kappa shape index (κ1) is 21.6. The number of nitrogens with one attached hydrogen (secondary N) is 3. The van der Waals surface area contributed by atoms with E-state index in [2.05, 4.69) is 32.1 Å². The minimum atomic E-state index is -0.421. The summed E-state index contributed by atoms with van der Waals surface area (Å²) in [5.74, 6) is 0.375. The molecule has 2 amide bonds. The van der Waals surface area contributed by atoms with E-state index in [9.17, 15) is 9.59 Å². The molecule has 0 unspecified atom stereocenters. The van der Waals surface area contributed by atoms with Crippen LogP contribution in [0.3, 0.4) is 0 Å². The summed E-state index contributed by atoms with van der Waals surface area (Å²) in [6, 6.07) is 11.6. The zero-order chi connectivity index (χ0) is 20.5. The number of carbonyl (C=O) groups excluding carboxylic acids is 2. The third kappa shape index (κ3) is 6.21. The molecule has 2 aromatic rings. The quantitative estimate of drug-likeness (QED) is 0.448. The average Bonchev–Trinajstić information content (AvgIpc) is 2.70. The maximum Gasteiger partial charge on any atom is 0.269 e. The van der Waals surface area contributed by atoms with E-state index >= 15 is 0 Å². The largest absolute Gasteiger partial charge is 0.496 e. The number of methoxy groups -OCH3 is 1. The second kappa shape index (κ2) is 10.6. The minimum absolute atomic E-state index is 0.0363. The molecule has 0 aromatic heterocycles. The van der Waals surface area contributed by atoms with Gasteiger partial charge in [0.05, 0.1) is 18.2 Å². The second-order valence-corrected chi connectivity index (χ2v) is 6.85. The normalized spacial score (nSPS) is 9.96. The average molecular weight is 466 g/mol. The summed E-state index contributed by atoms with van der Waals surface area (Å²) in [5, 5.41) is 2.46. The molecule has 2 rings (SSSR count). The fourth-order valence-corrected chi connectivity index (χ4v) is 2.83. The van der Waals surface area contributed by atoms with Gasteiger partial charge in [0.2, 0.25) is 0 Å². The predicted molar refractivity (Wildman–Crippen MR) is 114 cm³/mol. The highest BCUT2D eigenvalue weighted by molar-refractivity contribution is 9.10. The lowest BCUT2D eigenvalue weighted by Crippen LogP contribution is -2.48. The van der Waals surface area contributed by atoms with Gasteiger partial charge < -0.3 is 9.47 Å². The molecular formula is C19H20BrN3O4S. The lowest BCUT2D eigenvalue weighted by molar-refractivity contribution is 0.0934. The van der Waals surface area contributed by atoms with E-state index in [-0.39, 0.29) is 5.11 Å². The van der Waals surface area contributed by atoms with Gasteiger partial charge in [-0.2, -0.15) is 0 Å². The van der Waals surface area contributed by atoms with Crippen molar-refractivity contribution in [3.05, 3.63) is 58.1 Å². The molecule has 0 aliphatic carbocycles. The van der Waals surface area contributed by atoms with Crippen molar-refractivity contribution in [1.82, 2.24) is 16.2 Å². The Morgan fingerprint density at radius 2 is 1.82 bits per heavy atom. The molecule has 2 aromatic carbocycles. The third-order valence-electron chi connectivity index (χ3n) is 3.50. The number of hydrogen-bond acceptors (Lipinski definition) is 5. The highest BCUT2D eigenvalue weighted by atomic mass is 79.9. The number of carbonyl (C=O) groups is 2. The predicted octanol–water partition coefficient (Wildman–Crippen LogP) is 3.20. The Balaban J connectivity index is 1.89. The standard InChI is InChI=1S/C19H20BrN3O4S/c1-3-9-27-14-6-4-5-12(10-14)17(24)21-19(28)23-22-18(25)13-7-8-16(26-2)15(20)11-13/h4-8,10-11H,3,9H2,1-2H3,(H,22,25)(H2,21,23,24,28). The highest BCUT2D eigenvalue weighted by Gasteiger charge is 2.12. The van der Waals surface area contributed by atoms with Crippen LogP contribution in [0.15, 0.2) is 46.9 Å². The van der Waals surface area contributed by atoms with Crippen LogP contribution in [-0.4, -0.2) is 30.6 Å². The molecule has 7 nitrogen and oxygen atoms in total. The number of hydrogen-bond donors (Lipinski definition) is 3. The summed E-state index contributed by atoms with van der Waals surface area (Å²) in [6.45, 7) is 2.57. The smallest absolute Gasteiger partial charge is 0.269 e. The molecule has 148 valence electrons. The van der Waals surface area contributed by atoms with Crippen LogP contribution < -0.4 is 25.6 Å². The molecule has 0 saturated carbocycles. The molecule has 3 N–H and O–H groups in total. The third-order valence-corrected chi connectivity index (χ3v) is 4.32. The summed E-state index contributed by atoms with van der Waals surface area (Å²) in [4.78, 5) is 24.5. The SMILES string of the molecule is CCCOc1cccc(C(=O)NC(=S)NNC(=O)c2ccc(OC)c(Br)c2)c1. The Labute approximate surface area is 176 Å². The van der Waals surface area contributed by atoms with Crippen LogP contribution in [0.25, 0.3) is 0 Å². The number of hydrazine groups is 1. The van der Waals surface area contributed by atoms with Gasteiger partial charge in [-0.1, -0.05) is 13.0 Å². The van der Waals surface area contributed by atoms with Crippen LogP contribution in [0.1, 0.15) is 34.1 Å². The van der Waals surface area contributed by atoms with Crippen LogP contribution >= 0.6 is 28.1 Å². The van der Waals surface area contributed by atoms with Gasteiger partial charge in [0.15, 0.2) is 5.11 Å². The molecule has 0 heterocycles. The Morgan fingerprint density at radius 1 is 1.07 bits per heavy atom. The Bertz CT molecular complexity index is 876. The number of ether oxygens (including phenoxy) is 2. The number of rotatable bonds is 6. The number of amides is 2. The van der Waals surface area contributed by atoms with Crippen molar-refractivity contribution in [3.63, 3.8) is 0 Å². The van der Waals surface area contributed by atoms with Crippen LogP contribution in [0.2, 0.25) is 0 Å². The van der Waals surface area contributed by atoms with Crippen molar-refractivity contribution >= 4 is 45.1 Å². The topological polar surface area (TPSA) is 88.7 Å². The van der Waals surface area contributed by atoms with E-state index in [1.54, 1.807) is 42.5 Å². The van der Waals surface area contributed by atoms with Crippen LogP contribution in [0, 0.1) is 0 Å². The molecule has 0 atom stereocenters. The highest BCUT2D eigenvalue weighted by Crippen LogP contribution is 2.25. The lowest BCUT2D eigenvalue weighted by atomic mass is 10.2. The second-order valence-electron chi connectivity index (χ2n) is 5.59. The zero-order valence-electron chi connectivity index (χ0n) is 15.4. The molecule has 0 aliphatic rings. The van der Waals surface area contributed by atoms with Crippen molar-refractivity contribution in [2.75, 3.05) is 13.7 Å². The molecule has 0 saturated heterocycles. The van der Waals surface area contributed by atoms with E-state index in [1.807, 2.05) is 6.92 Å². The summed E-state index contributed by atoms with van der Waals surface area (Å²) >= 11 is 8.37. The Hall–Kier alpha value is -2.65. The molecule has 0 aliphatic heterocycles. The minimum Gasteiger partial charge on any atom is -0.496 e. The summed E-state index contributed by atoms with van der Waals surface area (Å²) < 4.78 is 11.3.